The van der Waals surface area contributed by atoms with E-state index in [-0.39, 0.29) is 11.6 Å². The molecule has 1 aliphatic carbocycles. The highest BCUT2D eigenvalue weighted by Gasteiger charge is 2.20. The van der Waals surface area contributed by atoms with Gasteiger partial charge >= 0.3 is 0 Å². The fraction of sp³-hybridized carbons (Fsp3) is 0.480. The van der Waals surface area contributed by atoms with Crippen molar-refractivity contribution in [3.05, 3.63) is 36.0 Å². The van der Waals surface area contributed by atoms with Gasteiger partial charge in [-0.1, -0.05) is 13.8 Å². The van der Waals surface area contributed by atoms with E-state index in [2.05, 4.69) is 33.0 Å². The summed E-state index contributed by atoms with van der Waals surface area (Å²) in [5.74, 6) is 1.26. The minimum absolute atomic E-state index is 0.0361. The summed E-state index contributed by atoms with van der Waals surface area (Å²) in [5.41, 5.74) is 9.71. The molecule has 4 N–H and O–H groups in total. The second-order valence-electron chi connectivity index (χ2n) is 9.05. The largest absolute Gasteiger partial charge is 0.480 e. The minimum Gasteiger partial charge on any atom is -0.480 e. The normalized spacial score (nSPS) is 18.4. The van der Waals surface area contributed by atoms with E-state index in [0.717, 1.165) is 59.7 Å². The molecule has 2 aromatic heterocycles. The molecule has 1 aliphatic rings. The zero-order chi connectivity index (χ0) is 25.0. The highest BCUT2D eigenvalue weighted by atomic mass is 32.2. The van der Waals surface area contributed by atoms with Crippen LogP contribution in [0.2, 0.25) is 0 Å². The molecular formula is C25H34N6O3S. The lowest BCUT2D eigenvalue weighted by molar-refractivity contribution is 0.400. The van der Waals surface area contributed by atoms with Crippen LogP contribution in [0.1, 0.15) is 51.5 Å². The van der Waals surface area contributed by atoms with Crippen molar-refractivity contribution in [1.82, 2.24) is 15.0 Å². The van der Waals surface area contributed by atoms with Gasteiger partial charge in [0.05, 0.1) is 18.4 Å². The smallest absolute Gasteiger partial charge is 0.233 e. The van der Waals surface area contributed by atoms with Crippen LogP contribution in [0.25, 0.3) is 22.0 Å². The van der Waals surface area contributed by atoms with Crippen LogP contribution in [-0.2, 0) is 16.4 Å². The van der Waals surface area contributed by atoms with Crippen LogP contribution >= 0.6 is 0 Å². The first-order valence-electron chi connectivity index (χ1n) is 12.2. The average Bonchev–Trinajstić information content (AvgIpc) is 2.84. The number of rotatable bonds is 9. The van der Waals surface area contributed by atoms with Gasteiger partial charge in [-0.05, 0) is 73.9 Å². The molecule has 0 unspecified atom stereocenters. The van der Waals surface area contributed by atoms with Gasteiger partial charge in [-0.2, -0.15) is 4.98 Å². The molecule has 1 saturated carbocycles. The van der Waals surface area contributed by atoms with E-state index in [1.54, 1.807) is 6.07 Å². The number of hydrogen-bond donors (Lipinski definition) is 3. The van der Waals surface area contributed by atoms with Crippen molar-refractivity contribution in [2.24, 2.45) is 5.73 Å². The number of sulfonamides is 1. The van der Waals surface area contributed by atoms with Gasteiger partial charge in [0, 0.05) is 29.2 Å². The van der Waals surface area contributed by atoms with E-state index in [1.807, 2.05) is 25.3 Å². The van der Waals surface area contributed by atoms with Crippen LogP contribution < -0.4 is 20.5 Å². The maximum atomic E-state index is 12.1. The molecule has 0 bridgehead atoms. The van der Waals surface area contributed by atoms with Crippen LogP contribution in [0.5, 0.6) is 5.88 Å². The zero-order valence-corrected chi connectivity index (χ0v) is 21.4. The van der Waals surface area contributed by atoms with Crippen molar-refractivity contribution in [3.8, 4) is 17.0 Å². The van der Waals surface area contributed by atoms with Crippen molar-refractivity contribution < 1.29 is 13.2 Å². The number of aromatic nitrogens is 3. The van der Waals surface area contributed by atoms with Gasteiger partial charge in [0.1, 0.15) is 5.82 Å². The molecule has 1 fully saturated rings. The molecule has 0 radical (unpaired) electrons. The van der Waals surface area contributed by atoms with Crippen molar-refractivity contribution in [3.63, 3.8) is 0 Å². The van der Waals surface area contributed by atoms with Crippen molar-refractivity contribution in [2.75, 3.05) is 22.9 Å². The Morgan fingerprint density at radius 3 is 2.57 bits per heavy atom. The third-order valence-corrected chi connectivity index (χ3v) is 7.81. The van der Waals surface area contributed by atoms with Gasteiger partial charge in [-0.15, -0.1) is 0 Å². The maximum absolute atomic E-state index is 12.1. The number of pyridine rings is 1. The second kappa shape index (κ2) is 10.7. The van der Waals surface area contributed by atoms with E-state index >= 15 is 0 Å². The number of methoxy groups -OCH3 is 1. The number of nitrogens with two attached hydrogens (primary N) is 1. The minimum atomic E-state index is -3.44. The molecule has 0 aliphatic heterocycles. The summed E-state index contributed by atoms with van der Waals surface area (Å²) in [4.78, 5) is 13.8. The first-order chi connectivity index (χ1) is 16.8. The van der Waals surface area contributed by atoms with Crippen molar-refractivity contribution >= 4 is 32.7 Å². The maximum Gasteiger partial charge on any atom is 0.233 e. The van der Waals surface area contributed by atoms with E-state index < -0.39 is 10.0 Å². The number of nitrogens with zero attached hydrogens (tertiary/aromatic N) is 3. The molecule has 1 aromatic carbocycles. The lowest BCUT2D eigenvalue weighted by Gasteiger charge is -2.26. The summed E-state index contributed by atoms with van der Waals surface area (Å²) in [6, 6.07) is 8.21. The Labute approximate surface area is 207 Å². The Hall–Kier alpha value is -2.98. The molecule has 10 heteroatoms. The monoisotopic (exact) mass is 498 g/mol. The summed E-state index contributed by atoms with van der Waals surface area (Å²) in [6.45, 7) is 3.91. The number of fused-ring (bicyclic) bond motifs is 1. The van der Waals surface area contributed by atoms with Crippen molar-refractivity contribution in [2.45, 2.75) is 64.5 Å². The molecule has 0 atom stereocenters. The first kappa shape index (κ1) is 25.1. The third-order valence-electron chi connectivity index (χ3n) is 6.35. The van der Waals surface area contributed by atoms with Crippen LogP contribution in [0.15, 0.2) is 30.5 Å². The van der Waals surface area contributed by atoms with E-state index in [1.165, 1.54) is 7.11 Å². The Bertz CT molecular complexity index is 1290. The summed E-state index contributed by atoms with van der Waals surface area (Å²) in [5, 5.41) is 4.40. The summed E-state index contributed by atoms with van der Waals surface area (Å²) < 4.78 is 32.3. The topological polar surface area (TPSA) is 132 Å². The Kier molecular flexibility index (Phi) is 7.71. The number of anilines is 2. The fourth-order valence-electron chi connectivity index (χ4n) is 4.51. The quantitative estimate of drug-likeness (QED) is 0.402. The molecule has 3 aromatic rings. The molecule has 0 spiro atoms. The van der Waals surface area contributed by atoms with Crippen LogP contribution in [0.3, 0.4) is 0 Å². The lowest BCUT2D eigenvalue weighted by atomic mass is 9.92. The first-order valence-corrected chi connectivity index (χ1v) is 13.8. The molecule has 188 valence electrons. The Morgan fingerprint density at radius 1 is 1.11 bits per heavy atom. The lowest BCUT2D eigenvalue weighted by Crippen LogP contribution is -2.33. The molecule has 35 heavy (non-hydrogen) atoms. The zero-order valence-electron chi connectivity index (χ0n) is 20.5. The summed E-state index contributed by atoms with van der Waals surface area (Å²) in [6.07, 6.45) is 7.25. The highest BCUT2D eigenvalue weighted by molar-refractivity contribution is 7.92. The van der Waals surface area contributed by atoms with Crippen LogP contribution in [-0.4, -0.2) is 48.3 Å². The molecule has 2 heterocycles. The van der Waals surface area contributed by atoms with Gasteiger partial charge in [-0.3, -0.25) is 4.72 Å². The van der Waals surface area contributed by atoms with Gasteiger partial charge in [0.25, 0.3) is 0 Å². The molecule has 0 amide bonds. The molecule has 9 nitrogen and oxygen atoms in total. The highest BCUT2D eigenvalue weighted by Crippen LogP contribution is 2.34. The van der Waals surface area contributed by atoms with E-state index in [4.69, 9.17) is 15.5 Å². The van der Waals surface area contributed by atoms with E-state index in [9.17, 15) is 8.42 Å². The molecule has 4 rings (SSSR count). The van der Waals surface area contributed by atoms with Gasteiger partial charge < -0.3 is 15.8 Å². The SMILES string of the molecule is CCCS(=O)(=O)Nc1ccc(-c2cc(CC)c3nc(NC4CCC(N)CC4)ncc3c2)c(OC)n1. The third kappa shape index (κ3) is 5.99. The van der Waals surface area contributed by atoms with Crippen LogP contribution in [0.4, 0.5) is 11.8 Å². The number of hydrogen-bond acceptors (Lipinski definition) is 8. The average molecular weight is 499 g/mol. The number of ether oxygens (including phenoxy) is 1. The number of aryl methyl sites for hydroxylation is 1. The van der Waals surface area contributed by atoms with Gasteiger partial charge in [-0.25, -0.2) is 18.4 Å². The molecular weight excluding hydrogens is 464 g/mol. The predicted octanol–water partition coefficient (Wildman–Crippen LogP) is 4.10. The Morgan fingerprint density at radius 2 is 1.89 bits per heavy atom. The van der Waals surface area contributed by atoms with Crippen molar-refractivity contribution in [1.29, 1.82) is 0 Å². The molecule has 0 saturated heterocycles. The van der Waals surface area contributed by atoms with E-state index in [0.29, 0.717) is 30.3 Å². The Balaban J connectivity index is 1.64. The fourth-order valence-corrected chi connectivity index (χ4v) is 5.58. The summed E-state index contributed by atoms with van der Waals surface area (Å²) >= 11 is 0. The van der Waals surface area contributed by atoms with Gasteiger partial charge in [0.15, 0.2) is 0 Å². The number of benzene rings is 1. The predicted molar refractivity (Wildman–Crippen MR) is 140 cm³/mol. The number of nitrogens with one attached hydrogen (secondary N) is 2. The standard InChI is InChI=1S/C25H34N6O3S/c1-4-12-35(32,33)31-22-11-10-21(24(29-22)34-3)17-13-16(5-2)23-18(14-17)15-27-25(30-23)28-20-8-6-19(26)7-9-20/h10-11,13-15,19-20H,4-9,12,26H2,1-3H3,(H,29,31)(H,27,28,30). The van der Waals surface area contributed by atoms with Gasteiger partial charge in [0.2, 0.25) is 21.9 Å². The van der Waals surface area contributed by atoms with Crippen LogP contribution in [0, 0.1) is 0 Å². The second-order valence-corrected chi connectivity index (χ2v) is 10.9. The summed E-state index contributed by atoms with van der Waals surface area (Å²) in [7, 11) is -1.92.